The van der Waals surface area contributed by atoms with Crippen LogP contribution in [-0.2, 0) is 4.79 Å². The Hall–Kier alpha value is -2.72. The number of carbonyl (C=O) groups is 1. The molecule has 27 heavy (non-hydrogen) atoms. The Balaban J connectivity index is 2.28. The van der Waals surface area contributed by atoms with Crippen LogP contribution in [0.15, 0.2) is 29.0 Å². The molecule has 0 aliphatic carbocycles. The van der Waals surface area contributed by atoms with Crippen LogP contribution in [0.25, 0.3) is 11.1 Å². The van der Waals surface area contributed by atoms with E-state index in [1.807, 2.05) is 35.0 Å². The minimum absolute atomic E-state index is 0.00127. The van der Waals surface area contributed by atoms with Crippen LogP contribution in [0, 0.1) is 17.2 Å². The van der Waals surface area contributed by atoms with Crippen molar-refractivity contribution in [1.29, 1.82) is 5.26 Å². The van der Waals surface area contributed by atoms with E-state index in [1.165, 1.54) is 0 Å². The van der Waals surface area contributed by atoms with Gasteiger partial charge in [-0.25, -0.2) is 0 Å². The Morgan fingerprint density at radius 1 is 1.22 bits per heavy atom. The highest BCUT2D eigenvalue weighted by Crippen LogP contribution is 2.37. The number of nitrogens with zero attached hydrogens (tertiary/aromatic N) is 1. The first-order chi connectivity index (χ1) is 13.0. The zero-order valence-corrected chi connectivity index (χ0v) is 16.9. The summed E-state index contributed by atoms with van der Waals surface area (Å²) in [4.78, 5) is 12.4. The predicted molar refractivity (Wildman–Crippen MR) is 108 cm³/mol. The molecule has 1 aromatic heterocycles. The minimum Gasteiger partial charge on any atom is -0.493 e. The summed E-state index contributed by atoms with van der Waals surface area (Å²) in [5, 5.41) is 18.7. The van der Waals surface area contributed by atoms with Crippen molar-refractivity contribution in [3.63, 3.8) is 0 Å². The lowest BCUT2D eigenvalue weighted by atomic mass is 10.0. The molecule has 1 aromatic carbocycles. The number of nitrogens with one attached hydrogen (secondary N) is 2. The number of ether oxygens (including phenoxy) is 2. The van der Waals surface area contributed by atoms with Crippen molar-refractivity contribution in [2.24, 2.45) is 5.92 Å². The highest BCUT2D eigenvalue weighted by Gasteiger charge is 2.21. The molecule has 0 saturated carbocycles. The standard InChI is InChI=1S/C20H25N3O3S/c1-13(2)9-16(20(24)22-8-7-21)23-17-12-27-11-15(17)14-5-6-18(25-3)19(10-14)26-4/h5-6,10-13,16,23H,8-9H2,1-4H3,(H,22,24)/t16-/m0/s1. The monoisotopic (exact) mass is 387 g/mol. The van der Waals surface area contributed by atoms with Gasteiger partial charge in [-0.3, -0.25) is 4.79 Å². The maximum atomic E-state index is 12.4. The number of benzene rings is 1. The Morgan fingerprint density at radius 2 is 1.96 bits per heavy atom. The van der Waals surface area contributed by atoms with E-state index in [1.54, 1.807) is 25.6 Å². The van der Waals surface area contributed by atoms with E-state index in [0.717, 1.165) is 16.8 Å². The van der Waals surface area contributed by atoms with Gasteiger partial charge in [0.15, 0.2) is 11.5 Å². The summed E-state index contributed by atoms with van der Waals surface area (Å²) in [5.41, 5.74) is 2.84. The van der Waals surface area contributed by atoms with Crippen molar-refractivity contribution < 1.29 is 14.3 Å². The fourth-order valence-electron chi connectivity index (χ4n) is 2.78. The second-order valence-electron chi connectivity index (χ2n) is 6.47. The maximum absolute atomic E-state index is 12.4. The molecule has 0 radical (unpaired) electrons. The van der Waals surface area contributed by atoms with Gasteiger partial charge in [0.25, 0.3) is 0 Å². The third-order valence-electron chi connectivity index (χ3n) is 4.05. The van der Waals surface area contributed by atoms with Crippen LogP contribution in [0.4, 0.5) is 5.69 Å². The molecule has 0 aliphatic heterocycles. The van der Waals surface area contributed by atoms with Gasteiger partial charge in [0, 0.05) is 16.3 Å². The van der Waals surface area contributed by atoms with Gasteiger partial charge < -0.3 is 20.1 Å². The smallest absolute Gasteiger partial charge is 0.243 e. The molecule has 7 heteroatoms. The first kappa shape index (κ1) is 20.6. The number of hydrogen-bond acceptors (Lipinski definition) is 6. The second kappa shape index (κ2) is 9.83. The number of carbonyl (C=O) groups excluding carboxylic acids is 1. The second-order valence-corrected chi connectivity index (χ2v) is 7.21. The summed E-state index contributed by atoms with van der Waals surface area (Å²) in [6.45, 7) is 4.13. The molecule has 0 fully saturated rings. The lowest BCUT2D eigenvalue weighted by Gasteiger charge is -2.21. The molecular weight excluding hydrogens is 362 g/mol. The van der Waals surface area contributed by atoms with Gasteiger partial charge in [-0.15, -0.1) is 11.3 Å². The summed E-state index contributed by atoms with van der Waals surface area (Å²) in [7, 11) is 3.21. The molecule has 0 spiro atoms. The van der Waals surface area contributed by atoms with Crippen molar-refractivity contribution >= 4 is 22.9 Å². The first-order valence-electron chi connectivity index (χ1n) is 8.69. The molecule has 0 aliphatic rings. The molecule has 0 unspecified atom stereocenters. The molecule has 2 N–H and O–H groups in total. The predicted octanol–water partition coefficient (Wildman–Crippen LogP) is 3.90. The number of methoxy groups -OCH3 is 2. The average molecular weight is 388 g/mol. The number of amides is 1. The Kier molecular flexibility index (Phi) is 7.50. The first-order valence-corrected chi connectivity index (χ1v) is 9.64. The zero-order chi connectivity index (χ0) is 19.8. The van der Waals surface area contributed by atoms with Gasteiger partial charge in [0.1, 0.15) is 12.6 Å². The minimum atomic E-state index is -0.410. The average Bonchev–Trinajstić information content (AvgIpc) is 3.12. The molecule has 1 amide bonds. The molecule has 0 saturated heterocycles. The summed E-state index contributed by atoms with van der Waals surface area (Å²) in [6.07, 6.45) is 0.665. The Labute approximate surface area is 164 Å². The molecule has 0 bridgehead atoms. The number of anilines is 1. The van der Waals surface area contributed by atoms with E-state index >= 15 is 0 Å². The van der Waals surface area contributed by atoms with E-state index in [4.69, 9.17) is 14.7 Å². The van der Waals surface area contributed by atoms with Gasteiger partial charge in [-0.2, -0.15) is 5.26 Å². The number of rotatable bonds is 9. The molecule has 1 heterocycles. The normalized spacial score (nSPS) is 11.6. The molecule has 144 valence electrons. The fraction of sp³-hybridized carbons (Fsp3) is 0.400. The third-order valence-corrected chi connectivity index (χ3v) is 4.80. The summed E-state index contributed by atoms with van der Waals surface area (Å²) in [5.74, 6) is 1.48. The maximum Gasteiger partial charge on any atom is 0.243 e. The summed E-state index contributed by atoms with van der Waals surface area (Å²) in [6, 6.07) is 7.27. The largest absolute Gasteiger partial charge is 0.493 e. The molecule has 1 atom stereocenters. The van der Waals surface area contributed by atoms with Gasteiger partial charge in [-0.1, -0.05) is 19.9 Å². The summed E-state index contributed by atoms with van der Waals surface area (Å²) < 4.78 is 10.7. The van der Waals surface area contributed by atoms with Crippen molar-refractivity contribution in [2.75, 3.05) is 26.1 Å². The molecule has 2 rings (SSSR count). The van der Waals surface area contributed by atoms with Crippen LogP contribution in [0.2, 0.25) is 0 Å². The highest BCUT2D eigenvalue weighted by atomic mass is 32.1. The van der Waals surface area contributed by atoms with Gasteiger partial charge in [0.05, 0.1) is 26.0 Å². The van der Waals surface area contributed by atoms with E-state index < -0.39 is 6.04 Å². The van der Waals surface area contributed by atoms with Gasteiger partial charge in [-0.05, 0) is 30.0 Å². The van der Waals surface area contributed by atoms with E-state index in [-0.39, 0.29) is 12.5 Å². The van der Waals surface area contributed by atoms with Crippen molar-refractivity contribution in [3.8, 4) is 28.7 Å². The number of thiophene rings is 1. The topological polar surface area (TPSA) is 83.4 Å². The van der Waals surface area contributed by atoms with Crippen LogP contribution in [0.5, 0.6) is 11.5 Å². The summed E-state index contributed by atoms with van der Waals surface area (Å²) >= 11 is 1.56. The van der Waals surface area contributed by atoms with Crippen molar-refractivity contribution in [1.82, 2.24) is 5.32 Å². The van der Waals surface area contributed by atoms with Gasteiger partial charge >= 0.3 is 0 Å². The van der Waals surface area contributed by atoms with Gasteiger partial charge in [0.2, 0.25) is 5.91 Å². The molecule has 2 aromatic rings. The lowest BCUT2D eigenvalue weighted by Crippen LogP contribution is -2.40. The molecular formula is C20H25N3O3S. The third kappa shape index (κ3) is 5.38. The Bertz CT molecular complexity index is 811. The number of nitriles is 1. The molecule has 6 nitrogen and oxygen atoms in total. The van der Waals surface area contributed by atoms with Crippen LogP contribution in [-0.4, -0.2) is 32.7 Å². The van der Waals surface area contributed by atoms with Crippen molar-refractivity contribution in [3.05, 3.63) is 29.0 Å². The lowest BCUT2D eigenvalue weighted by molar-refractivity contribution is -0.121. The van der Waals surface area contributed by atoms with Crippen LogP contribution < -0.4 is 20.1 Å². The highest BCUT2D eigenvalue weighted by molar-refractivity contribution is 7.08. The van der Waals surface area contributed by atoms with Crippen LogP contribution in [0.3, 0.4) is 0 Å². The van der Waals surface area contributed by atoms with E-state index in [9.17, 15) is 4.79 Å². The zero-order valence-electron chi connectivity index (χ0n) is 16.0. The van der Waals surface area contributed by atoms with E-state index in [2.05, 4.69) is 24.5 Å². The fourth-order valence-corrected chi connectivity index (χ4v) is 3.57. The van der Waals surface area contributed by atoms with E-state index in [0.29, 0.717) is 23.8 Å². The van der Waals surface area contributed by atoms with Crippen LogP contribution in [0.1, 0.15) is 20.3 Å². The Morgan fingerprint density at radius 3 is 2.59 bits per heavy atom. The van der Waals surface area contributed by atoms with Crippen molar-refractivity contribution in [2.45, 2.75) is 26.3 Å². The SMILES string of the molecule is COc1ccc(-c2cscc2N[C@@H](CC(C)C)C(=O)NCC#N)cc1OC. The number of hydrogen-bond donors (Lipinski definition) is 2. The quantitative estimate of drug-likeness (QED) is 0.638. The van der Waals surface area contributed by atoms with Crippen LogP contribution >= 0.6 is 11.3 Å².